The SMILES string of the molecule is CC.CCc1cc(C(=O)N(C)CC)ncc1NC. The molecule has 0 aliphatic rings. The second kappa shape index (κ2) is 8.50. The largest absolute Gasteiger partial charge is 0.387 e. The minimum absolute atomic E-state index is 0.0279. The molecule has 1 N–H and O–H groups in total. The Morgan fingerprint density at radius 1 is 1.39 bits per heavy atom. The van der Waals surface area contributed by atoms with Gasteiger partial charge in [0.15, 0.2) is 0 Å². The molecule has 1 aromatic heterocycles. The molecule has 0 aliphatic heterocycles. The zero-order valence-corrected chi connectivity index (χ0v) is 12.4. The van der Waals surface area contributed by atoms with Crippen LogP contribution in [0.1, 0.15) is 43.7 Å². The number of carbonyl (C=O) groups is 1. The van der Waals surface area contributed by atoms with Gasteiger partial charge < -0.3 is 10.2 Å². The van der Waals surface area contributed by atoms with Crippen LogP contribution in [0, 0.1) is 0 Å². The minimum Gasteiger partial charge on any atom is -0.387 e. The highest BCUT2D eigenvalue weighted by Gasteiger charge is 2.13. The lowest BCUT2D eigenvalue weighted by Crippen LogP contribution is -2.27. The molecular formula is C14H25N3O. The van der Waals surface area contributed by atoms with Crippen molar-refractivity contribution in [2.24, 2.45) is 0 Å². The maximum absolute atomic E-state index is 11.9. The van der Waals surface area contributed by atoms with Gasteiger partial charge >= 0.3 is 0 Å². The molecule has 0 radical (unpaired) electrons. The summed E-state index contributed by atoms with van der Waals surface area (Å²) in [7, 11) is 3.64. The zero-order valence-electron chi connectivity index (χ0n) is 12.4. The summed E-state index contributed by atoms with van der Waals surface area (Å²) in [6.45, 7) is 8.70. The first kappa shape index (κ1) is 16.4. The number of rotatable bonds is 4. The fourth-order valence-corrected chi connectivity index (χ4v) is 1.47. The Kier molecular flexibility index (Phi) is 7.76. The normalized spacial score (nSPS) is 9.22. The summed E-state index contributed by atoms with van der Waals surface area (Å²) < 4.78 is 0. The number of nitrogens with zero attached hydrogens (tertiary/aromatic N) is 2. The first-order chi connectivity index (χ1) is 8.63. The van der Waals surface area contributed by atoms with Gasteiger partial charge in [-0.25, -0.2) is 4.98 Å². The molecule has 0 aliphatic carbocycles. The van der Waals surface area contributed by atoms with Gasteiger partial charge in [0.2, 0.25) is 0 Å². The second-order valence-corrected chi connectivity index (χ2v) is 3.65. The van der Waals surface area contributed by atoms with Crippen LogP contribution in [0.2, 0.25) is 0 Å². The first-order valence-electron chi connectivity index (χ1n) is 6.56. The minimum atomic E-state index is -0.0279. The molecule has 0 saturated heterocycles. The highest BCUT2D eigenvalue weighted by molar-refractivity contribution is 5.92. The van der Waals surface area contributed by atoms with E-state index in [2.05, 4.69) is 17.2 Å². The summed E-state index contributed by atoms with van der Waals surface area (Å²) in [5.74, 6) is -0.0279. The number of hydrogen-bond acceptors (Lipinski definition) is 3. The van der Waals surface area contributed by atoms with Crippen molar-refractivity contribution in [3.63, 3.8) is 0 Å². The molecule has 4 heteroatoms. The van der Waals surface area contributed by atoms with E-state index in [-0.39, 0.29) is 5.91 Å². The van der Waals surface area contributed by atoms with E-state index in [9.17, 15) is 4.79 Å². The van der Waals surface area contributed by atoms with Crippen LogP contribution < -0.4 is 5.32 Å². The molecule has 0 saturated carbocycles. The fourth-order valence-electron chi connectivity index (χ4n) is 1.47. The molecule has 0 atom stereocenters. The van der Waals surface area contributed by atoms with E-state index in [1.54, 1.807) is 18.1 Å². The van der Waals surface area contributed by atoms with Crippen molar-refractivity contribution in [2.45, 2.75) is 34.1 Å². The summed E-state index contributed by atoms with van der Waals surface area (Å²) in [6.07, 6.45) is 2.60. The van der Waals surface area contributed by atoms with Crippen LogP contribution in [0.3, 0.4) is 0 Å². The standard InChI is InChI=1S/C12H19N3O.C2H6/c1-5-9-7-10(12(16)15(4)6-2)14-8-11(9)13-3;1-2/h7-8,13H,5-6H2,1-4H3;1-2H3. The van der Waals surface area contributed by atoms with Gasteiger partial charge in [-0.3, -0.25) is 4.79 Å². The van der Waals surface area contributed by atoms with Crippen molar-refractivity contribution in [1.82, 2.24) is 9.88 Å². The monoisotopic (exact) mass is 251 g/mol. The molecule has 0 spiro atoms. The molecule has 18 heavy (non-hydrogen) atoms. The highest BCUT2D eigenvalue weighted by atomic mass is 16.2. The summed E-state index contributed by atoms with van der Waals surface area (Å²) >= 11 is 0. The highest BCUT2D eigenvalue weighted by Crippen LogP contribution is 2.16. The van der Waals surface area contributed by atoms with Crippen LogP contribution in [0.15, 0.2) is 12.3 Å². The Hall–Kier alpha value is -1.58. The molecule has 1 amide bonds. The van der Waals surface area contributed by atoms with Crippen molar-refractivity contribution in [1.29, 1.82) is 0 Å². The van der Waals surface area contributed by atoms with Gasteiger partial charge in [-0.15, -0.1) is 0 Å². The lowest BCUT2D eigenvalue weighted by Gasteiger charge is -2.15. The predicted octanol–water partition coefficient (Wildman–Crippen LogP) is 2.80. The Bertz CT molecular complexity index is 377. The van der Waals surface area contributed by atoms with Gasteiger partial charge in [-0.1, -0.05) is 20.8 Å². The van der Waals surface area contributed by atoms with Crippen LogP contribution in [-0.4, -0.2) is 36.4 Å². The fraction of sp³-hybridized carbons (Fsp3) is 0.571. The summed E-state index contributed by atoms with van der Waals surface area (Å²) in [5.41, 5.74) is 2.61. The molecule has 102 valence electrons. The van der Waals surface area contributed by atoms with Gasteiger partial charge in [0.25, 0.3) is 5.91 Å². The number of carbonyl (C=O) groups excluding carboxylic acids is 1. The molecule has 0 unspecified atom stereocenters. The second-order valence-electron chi connectivity index (χ2n) is 3.65. The average Bonchev–Trinajstić information content (AvgIpc) is 2.46. The van der Waals surface area contributed by atoms with Gasteiger partial charge in [-0.2, -0.15) is 0 Å². The van der Waals surface area contributed by atoms with E-state index in [1.165, 1.54) is 0 Å². The lowest BCUT2D eigenvalue weighted by atomic mass is 10.1. The van der Waals surface area contributed by atoms with Crippen molar-refractivity contribution in [2.75, 3.05) is 26.0 Å². The number of aromatic nitrogens is 1. The molecule has 0 bridgehead atoms. The third-order valence-corrected chi connectivity index (χ3v) is 2.68. The first-order valence-corrected chi connectivity index (χ1v) is 6.56. The summed E-state index contributed by atoms with van der Waals surface area (Å²) in [6, 6.07) is 1.86. The number of pyridine rings is 1. The van der Waals surface area contributed by atoms with Crippen molar-refractivity contribution >= 4 is 11.6 Å². The van der Waals surface area contributed by atoms with E-state index < -0.39 is 0 Å². The van der Waals surface area contributed by atoms with Gasteiger partial charge in [0, 0.05) is 20.6 Å². The van der Waals surface area contributed by atoms with Crippen molar-refractivity contribution in [3.05, 3.63) is 23.5 Å². The van der Waals surface area contributed by atoms with Crippen molar-refractivity contribution < 1.29 is 4.79 Å². The van der Waals surface area contributed by atoms with Gasteiger partial charge in [0.05, 0.1) is 11.9 Å². The molecule has 1 rings (SSSR count). The maximum Gasteiger partial charge on any atom is 0.272 e. The average molecular weight is 251 g/mol. The van der Waals surface area contributed by atoms with Crippen molar-refractivity contribution in [3.8, 4) is 0 Å². The van der Waals surface area contributed by atoms with Crippen LogP contribution in [0.5, 0.6) is 0 Å². The summed E-state index contributed by atoms with van der Waals surface area (Å²) in [5, 5.41) is 3.07. The third-order valence-electron chi connectivity index (χ3n) is 2.68. The van der Waals surface area contributed by atoms with Crippen LogP contribution in [0.25, 0.3) is 0 Å². The van der Waals surface area contributed by atoms with E-state index in [0.717, 1.165) is 17.7 Å². The molecule has 1 aromatic rings. The maximum atomic E-state index is 11.9. The number of hydrogen-bond donors (Lipinski definition) is 1. The zero-order chi connectivity index (χ0) is 14.1. The molecule has 0 fully saturated rings. The van der Waals surface area contributed by atoms with E-state index >= 15 is 0 Å². The Morgan fingerprint density at radius 3 is 2.44 bits per heavy atom. The topological polar surface area (TPSA) is 45.2 Å². The molecule has 1 heterocycles. The Labute approximate surface area is 110 Å². The number of aryl methyl sites for hydroxylation is 1. The number of anilines is 1. The quantitative estimate of drug-likeness (QED) is 0.895. The van der Waals surface area contributed by atoms with E-state index in [0.29, 0.717) is 12.2 Å². The van der Waals surface area contributed by atoms with Crippen LogP contribution >= 0.6 is 0 Å². The number of amides is 1. The summed E-state index contributed by atoms with van der Waals surface area (Å²) in [4.78, 5) is 17.7. The molecule has 0 aromatic carbocycles. The third kappa shape index (κ3) is 4.02. The van der Waals surface area contributed by atoms with Crippen LogP contribution in [-0.2, 0) is 6.42 Å². The van der Waals surface area contributed by atoms with Gasteiger partial charge in [-0.05, 0) is 25.0 Å². The molecular weight excluding hydrogens is 226 g/mol. The number of nitrogens with one attached hydrogen (secondary N) is 1. The lowest BCUT2D eigenvalue weighted by molar-refractivity contribution is 0.0796. The van der Waals surface area contributed by atoms with E-state index in [4.69, 9.17) is 0 Å². The van der Waals surface area contributed by atoms with Gasteiger partial charge in [0.1, 0.15) is 5.69 Å². The Balaban J connectivity index is 0.00000137. The Morgan fingerprint density at radius 2 is 2.00 bits per heavy atom. The van der Waals surface area contributed by atoms with E-state index in [1.807, 2.05) is 33.9 Å². The predicted molar refractivity (Wildman–Crippen MR) is 77.1 cm³/mol. The van der Waals surface area contributed by atoms with Crippen LogP contribution in [0.4, 0.5) is 5.69 Å². The molecule has 4 nitrogen and oxygen atoms in total. The smallest absolute Gasteiger partial charge is 0.272 e.